The molecule has 0 aromatic heterocycles. The first-order valence-corrected chi connectivity index (χ1v) is 6.82. The maximum absolute atomic E-state index is 11.6. The van der Waals surface area contributed by atoms with Crippen molar-refractivity contribution in [3.63, 3.8) is 0 Å². The quantitative estimate of drug-likeness (QED) is 0.728. The van der Waals surface area contributed by atoms with Crippen LogP contribution in [0.5, 0.6) is 0 Å². The lowest BCUT2D eigenvalue weighted by Crippen LogP contribution is -2.34. The van der Waals surface area contributed by atoms with Gasteiger partial charge in [-0.25, -0.2) is 0 Å². The van der Waals surface area contributed by atoms with Gasteiger partial charge >= 0.3 is 0 Å². The molecule has 1 rings (SSSR count). The number of nitrogens with one attached hydrogen (secondary N) is 1. The van der Waals surface area contributed by atoms with Crippen LogP contribution in [0.25, 0.3) is 0 Å². The maximum atomic E-state index is 11.6. The number of unbranched alkanes of at least 4 members (excludes halogenated alkanes) is 2. The normalized spacial score (nSPS) is 12.2. The van der Waals surface area contributed by atoms with Crippen LogP contribution < -0.4 is 11.1 Å². The van der Waals surface area contributed by atoms with Crippen molar-refractivity contribution in [2.45, 2.75) is 52.0 Å². The molecule has 100 valence electrons. The van der Waals surface area contributed by atoms with Gasteiger partial charge in [0.1, 0.15) is 0 Å². The van der Waals surface area contributed by atoms with Crippen molar-refractivity contribution in [1.82, 2.24) is 0 Å². The Hall–Kier alpha value is -1.35. The van der Waals surface area contributed by atoms with Crippen LogP contribution in [0.15, 0.2) is 24.3 Å². The predicted octanol–water partition coefficient (Wildman–Crippen LogP) is 3.10. The summed E-state index contributed by atoms with van der Waals surface area (Å²) in [5.41, 5.74) is 7.81. The molecule has 0 saturated heterocycles. The summed E-state index contributed by atoms with van der Waals surface area (Å²) in [6, 6.07) is 7.61. The lowest BCUT2D eigenvalue weighted by atomic mass is 10.1. The molecule has 1 aromatic carbocycles. The first-order chi connectivity index (χ1) is 8.67. The summed E-state index contributed by atoms with van der Waals surface area (Å²) in [6.45, 7) is 4.11. The number of carbonyl (C=O) groups excluding carboxylic acids is 1. The van der Waals surface area contributed by atoms with E-state index in [-0.39, 0.29) is 5.91 Å². The van der Waals surface area contributed by atoms with Crippen LogP contribution in [0.2, 0.25) is 0 Å². The molecule has 0 aliphatic heterocycles. The minimum Gasteiger partial charge on any atom is -0.325 e. The third-order valence-electron chi connectivity index (χ3n) is 3.07. The zero-order valence-corrected chi connectivity index (χ0v) is 11.4. The van der Waals surface area contributed by atoms with Gasteiger partial charge in [0.25, 0.3) is 0 Å². The predicted molar refractivity (Wildman–Crippen MR) is 76.6 cm³/mol. The number of nitrogens with two attached hydrogens (primary N) is 1. The zero-order chi connectivity index (χ0) is 13.4. The minimum absolute atomic E-state index is 0.115. The lowest BCUT2D eigenvalue weighted by Gasteiger charge is -2.10. The van der Waals surface area contributed by atoms with Gasteiger partial charge in [-0.05, 0) is 37.0 Å². The molecule has 1 amide bonds. The molecular formula is C15H24N2O. The van der Waals surface area contributed by atoms with Crippen LogP contribution in [0.1, 0.15) is 45.1 Å². The molecule has 0 fully saturated rings. The van der Waals surface area contributed by atoms with E-state index >= 15 is 0 Å². The van der Waals surface area contributed by atoms with Gasteiger partial charge in [-0.3, -0.25) is 4.79 Å². The van der Waals surface area contributed by atoms with E-state index in [0.717, 1.165) is 12.1 Å². The molecule has 3 nitrogen and oxygen atoms in total. The topological polar surface area (TPSA) is 55.1 Å². The highest BCUT2D eigenvalue weighted by Gasteiger charge is 2.10. The van der Waals surface area contributed by atoms with Crippen LogP contribution in [0.3, 0.4) is 0 Å². The summed E-state index contributed by atoms with van der Waals surface area (Å²) in [5, 5.41) is 2.82. The highest BCUT2D eigenvalue weighted by Crippen LogP contribution is 2.12. The Bertz CT molecular complexity index is 359. The number of carbonyl (C=O) groups is 1. The standard InChI is InChI=1S/C15H24N2O/c1-3-5-6-7-12-8-10-13(11-9-12)17-15(18)14(16)4-2/h8-11,14H,3-7,16H2,1-2H3,(H,17,18). The van der Waals surface area contributed by atoms with Gasteiger partial charge in [0.05, 0.1) is 6.04 Å². The molecule has 0 aliphatic carbocycles. The van der Waals surface area contributed by atoms with E-state index in [2.05, 4.69) is 24.4 Å². The van der Waals surface area contributed by atoms with Crippen molar-refractivity contribution in [3.8, 4) is 0 Å². The number of aryl methyl sites for hydroxylation is 1. The number of amides is 1. The molecule has 1 unspecified atom stereocenters. The van der Waals surface area contributed by atoms with Crippen molar-refractivity contribution in [1.29, 1.82) is 0 Å². The summed E-state index contributed by atoms with van der Waals surface area (Å²) < 4.78 is 0. The van der Waals surface area contributed by atoms with Gasteiger partial charge in [0, 0.05) is 5.69 Å². The maximum Gasteiger partial charge on any atom is 0.241 e. The summed E-state index contributed by atoms with van der Waals surface area (Å²) >= 11 is 0. The third-order valence-corrected chi connectivity index (χ3v) is 3.07. The van der Waals surface area contributed by atoms with E-state index in [0.29, 0.717) is 6.42 Å². The third kappa shape index (κ3) is 4.88. The van der Waals surface area contributed by atoms with Crippen LogP contribution >= 0.6 is 0 Å². The molecule has 0 bridgehead atoms. The number of rotatable bonds is 7. The van der Waals surface area contributed by atoms with Crippen molar-refractivity contribution in [2.75, 3.05) is 5.32 Å². The minimum atomic E-state index is -0.422. The van der Waals surface area contributed by atoms with Gasteiger partial charge in [0.15, 0.2) is 0 Å². The number of hydrogen-bond donors (Lipinski definition) is 2. The van der Waals surface area contributed by atoms with Crippen LogP contribution in [0, 0.1) is 0 Å². The molecule has 0 heterocycles. The molecule has 3 N–H and O–H groups in total. The fraction of sp³-hybridized carbons (Fsp3) is 0.533. The highest BCUT2D eigenvalue weighted by atomic mass is 16.2. The first kappa shape index (κ1) is 14.7. The molecular weight excluding hydrogens is 224 g/mol. The Morgan fingerprint density at radius 1 is 1.22 bits per heavy atom. The molecule has 0 spiro atoms. The van der Waals surface area contributed by atoms with E-state index in [9.17, 15) is 4.79 Å². The van der Waals surface area contributed by atoms with Crippen LogP contribution in [0.4, 0.5) is 5.69 Å². The Labute approximate surface area is 110 Å². The monoisotopic (exact) mass is 248 g/mol. The first-order valence-electron chi connectivity index (χ1n) is 6.82. The second kappa shape index (κ2) is 7.88. The van der Waals surface area contributed by atoms with E-state index in [1.807, 2.05) is 19.1 Å². The molecule has 3 heteroatoms. The second-order valence-electron chi connectivity index (χ2n) is 4.66. The van der Waals surface area contributed by atoms with E-state index in [1.54, 1.807) is 0 Å². The molecule has 1 atom stereocenters. The number of hydrogen-bond acceptors (Lipinski definition) is 2. The fourth-order valence-electron chi connectivity index (χ4n) is 1.75. The number of anilines is 1. The van der Waals surface area contributed by atoms with E-state index < -0.39 is 6.04 Å². The Balaban J connectivity index is 2.47. The fourth-order valence-corrected chi connectivity index (χ4v) is 1.75. The number of benzene rings is 1. The van der Waals surface area contributed by atoms with Gasteiger partial charge < -0.3 is 11.1 Å². The van der Waals surface area contributed by atoms with Crippen molar-refractivity contribution < 1.29 is 4.79 Å². The smallest absolute Gasteiger partial charge is 0.241 e. The molecule has 1 aromatic rings. The van der Waals surface area contributed by atoms with Crippen LogP contribution in [-0.2, 0) is 11.2 Å². The average molecular weight is 248 g/mol. The van der Waals surface area contributed by atoms with Crippen LogP contribution in [-0.4, -0.2) is 11.9 Å². The Morgan fingerprint density at radius 3 is 2.44 bits per heavy atom. The summed E-state index contributed by atoms with van der Waals surface area (Å²) in [4.78, 5) is 11.6. The second-order valence-corrected chi connectivity index (χ2v) is 4.66. The van der Waals surface area contributed by atoms with Crippen molar-refractivity contribution in [3.05, 3.63) is 29.8 Å². The van der Waals surface area contributed by atoms with Crippen molar-refractivity contribution >= 4 is 11.6 Å². The lowest BCUT2D eigenvalue weighted by molar-refractivity contribution is -0.117. The molecule has 0 radical (unpaired) electrons. The van der Waals surface area contributed by atoms with Gasteiger partial charge in [0.2, 0.25) is 5.91 Å². The summed E-state index contributed by atoms with van der Waals surface area (Å²) in [7, 11) is 0. The van der Waals surface area contributed by atoms with Crippen molar-refractivity contribution in [2.24, 2.45) is 5.73 Å². The summed E-state index contributed by atoms with van der Waals surface area (Å²) in [6.07, 6.45) is 5.49. The Kier molecular flexibility index (Phi) is 6.44. The summed E-state index contributed by atoms with van der Waals surface area (Å²) in [5.74, 6) is -0.115. The van der Waals surface area contributed by atoms with Gasteiger partial charge in [-0.15, -0.1) is 0 Å². The van der Waals surface area contributed by atoms with Gasteiger partial charge in [-0.1, -0.05) is 38.8 Å². The Morgan fingerprint density at radius 2 is 1.89 bits per heavy atom. The van der Waals surface area contributed by atoms with Gasteiger partial charge in [-0.2, -0.15) is 0 Å². The van der Waals surface area contributed by atoms with E-state index in [4.69, 9.17) is 5.73 Å². The average Bonchev–Trinajstić information content (AvgIpc) is 2.40. The zero-order valence-electron chi connectivity index (χ0n) is 11.4. The molecule has 0 aliphatic rings. The van der Waals surface area contributed by atoms with E-state index in [1.165, 1.54) is 24.8 Å². The highest BCUT2D eigenvalue weighted by molar-refractivity contribution is 5.94. The largest absolute Gasteiger partial charge is 0.325 e. The SMILES string of the molecule is CCCCCc1ccc(NC(=O)C(N)CC)cc1. The molecule has 18 heavy (non-hydrogen) atoms. The molecule has 0 saturated carbocycles.